The summed E-state index contributed by atoms with van der Waals surface area (Å²) >= 11 is 15.9. The Balaban J connectivity index is 1.67. The summed E-state index contributed by atoms with van der Waals surface area (Å²) < 4.78 is 5.98. The summed E-state index contributed by atoms with van der Waals surface area (Å²) in [6, 6.07) is 12.5. The van der Waals surface area contributed by atoms with Crippen molar-refractivity contribution in [2.45, 2.75) is 0 Å². The number of methoxy groups -OCH3 is 1. The lowest BCUT2D eigenvalue weighted by molar-refractivity contribution is 0.0974. The van der Waals surface area contributed by atoms with Gasteiger partial charge in [0, 0.05) is 20.4 Å². The third-order valence-electron chi connectivity index (χ3n) is 3.50. The highest BCUT2D eigenvalue weighted by Crippen LogP contribution is 2.26. The minimum absolute atomic E-state index is 0.152. The summed E-state index contributed by atoms with van der Waals surface area (Å²) in [5.74, 6) is 0.0814. The third kappa shape index (κ3) is 5.04. The van der Waals surface area contributed by atoms with Gasteiger partial charge in [0.15, 0.2) is 10.2 Å². The SMILES string of the molecule is COc1ccc(Br)cc1C(=O)NC(=S)Nc1nc(-c2ccc(Cl)cc2)cs1. The molecule has 138 valence electrons. The first kappa shape index (κ1) is 19.8. The zero-order valence-electron chi connectivity index (χ0n) is 14.0. The molecule has 0 aliphatic rings. The van der Waals surface area contributed by atoms with E-state index in [2.05, 4.69) is 31.5 Å². The second-order valence-electron chi connectivity index (χ2n) is 5.30. The third-order valence-corrected chi connectivity index (χ3v) is 5.20. The average Bonchev–Trinajstić information content (AvgIpc) is 3.10. The van der Waals surface area contributed by atoms with Crippen molar-refractivity contribution < 1.29 is 9.53 Å². The number of ether oxygens (including phenoxy) is 1. The second-order valence-corrected chi connectivity index (χ2v) is 7.92. The largest absolute Gasteiger partial charge is 0.496 e. The van der Waals surface area contributed by atoms with Gasteiger partial charge in [0.2, 0.25) is 0 Å². The van der Waals surface area contributed by atoms with Crippen LogP contribution in [0, 0.1) is 0 Å². The van der Waals surface area contributed by atoms with E-state index in [-0.39, 0.29) is 11.0 Å². The molecule has 0 aliphatic carbocycles. The average molecular weight is 483 g/mol. The van der Waals surface area contributed by atoms with Crippen LogP contribution in [-0.4, -0.2) is 23.1 Å². The molecule has 0 aliphatic heterocycles. The Kier molecular flexibility index (Phi) is 6.43. The van der Waals surface area contributed by atoms with Crippen LogP contribution in [0.25, 0.3) is 11.3 Å². The number of thiazole rings is 1. The Morgan fingerprint density at radius 3 is 2.70 bits per heavy atom. The summed E-state index contributed by atoms with van der Waals surface area (Å²) in [5.41, 5.74) is 2.11. The number of rotatable bonds is 4. The smallest absolute Gasteiger partial charge is 0.261 e. The maximum atomic E-state index is 12.5. The molecule has 2 N–H and O–H groups in total. The lowest BCUT2D eigenvalue weighted by atomic mass is 10.2. The van der Waals surface area contributed by atoms with E-state index in [1.165, 1.54) is 18.4 Å². The molecule has 1 amide bonds. The van der Waals surface area contributed by atoms with Crippen LogP contribution in [0.4, 0.5) is 5.13 Å². The molecule has 27 heavy (non-hydrogen) atoms. The molecule has 0 radical (unpaired) electrons. The van der Waals surface area contributed by atoms with Crippen molar-refractivity contribution in [3.05, 3.63) is 62.9 Å². The Labute approximate surface area is 178 Å². The summed E-state index contributed by atoms with van der Waals surface area (Å²) in [6.07, 6.45) is 0. The van der Waals surface area contributed by atoms with E-state index in [1.54, 1.807) is 30.3 Å². The monoisotopic (exact) mass is 481 g/mol. The lowest BCUT2D eigenvalue weighted by Crippen LogP contribution is -2.34. The van der Waals surface area contributed by atoms with Gasteiger partial charge in [-0.2, -0.15) is 0 Å². The fourth-order valence-electron chi connectivity index (χ4n) is 2.24. The van der Waals surface area contributed by atoms with E-state index >= 15 is 0 Å². The zero-order valence-corrected chi connectivity index (χ0v) is 17.9. The molecule has 3 aromatic rings. The molecule has 9 heteroatoms. The molecule has 0 fully saturated rings. The van der Waals surface area contributed by atoms with Crippen LogP contribution in [-0.2, 0) is 0 Å². The van der Waals surface area contributed by atoms with Crippen LogP contribution in [0.1, 0.15) is 10.4 Å². The highest BCUT2D eigenvalue weighted by Gasteiger charge is 2.15. The zero-order chi connectivity index (χ0) is 19.4. The van der Waals surface area contributed by atoms with E-state index in [0.717, 1.165) is 15.7 Å². The molecule has 3 rings (SSSR count). The second kappa shape index (κ2) is 8.79. The number of halogens is 2. The number of carbonyl (C=O) groups excluding carboxylic acids is 1. The number of amides is 1. The van der Waals surface area contributed by atoms with Crippen LogP contribution < -0.4 is 15.4 Å². The molecule has 5 nitrogen and oxygen atoms in total. The summed E-state index contributed by atoms with van der Waals surface area (Å²) in [4.78, 5) is 16.9. The maximum Gasteiger partial charge on any atom is 0.261 e. The van der Waals surface area contributed by atoms with Gasteiger partial charge in [-0.05, 0) is 42.5 Å². The minimum Gasteiger partial charge on any atom is -0.496 e. The van der Waals surface area contributed by atoms with Crippen molar-refractivity contribution in [3.8, 4) is 17.0 Å². The Hall–Kier alpha value is -2.00. The standard InChI is InChI=1S/C18H13BrClN3O2S2/c1-25-15-7-4-11(19)8-13(15)16(24)22-17(26)23-18-21-14(9-27-18)10-2-5-12(20)6-3-10/h2-9H,1H3,(H2,21,22,23,24,26). The number of nitrogens with zero attached hydrogens (tertiary/aromatic N) is 1. The maximum absolute atomic E-state index is 12.5. The molecule has 1 heterocycles. The van der Waals surface area contributed by atoms with E-state index < -0.39 is 0 Å². The van der Waals surface area contributed by atoms with Crippen molar-refractivity contribution in [1.82, 2.24) is 10.3 Å². The molecule has 1 aromatic heterocycles. The number of anilines is 1. The topological polar surface area (TPSA) is 63.2 Å². The molecule has 0 atom stereocenters. The van der Waals surface area contributed by atoms with Crippen molar-refractivity contribution in [3.63, 3.8) is 0 Å². The van der Waals surface area contributed by atoms with Gasteiger partial charge in [-0.3, -0.25) is 10.1 Å². The summed E-state index contributed by atoms with van der Waals surface area (Å²) in [6.45, 7) is 0. The van der Waals surface area contributed by atoms with Crippen LogP contribution in [0.15, 0.2) is 52.3 Å². The Bertz CT molecular complexity index is 993. The van der Waals surface area contributed by atoms with Gasteiger partial charge in [0.05, 0.1) is 18.4 Å². The van der Waals surface area contributed by atoms with Crippen LogP contribution >= 0.6 is 51.1 Å². The van der Waals surface area contributed by atoms with E-state index in [0.29, 0.717) is 21.5 Å². The van der Waals surface area contributed by atoms with Crippen molar-refractivity contribution in [2.75, 3.05) is 12.4 Å². The highest BCUT2D eigenvalue weighted by molar-refractivity contribution is 9.10. The molecular formula is C18H13BrClN3O2S2. The number of hydrogen-bond acceptors (Lipinski definition) is 5. The van der Waals surface area contributed by atoms with E-state index in [4.69, 9.17) is 28.6 Å². The molecule has 0 saturated carbocycles. The molecule has 0 unspecified atom stereocenters. The summed E-state index contributed by atoms with van der Waals surface area (Å²) in [7, 11) is 1.50. The molecule has 0 spiro atoms. The summed E-state index contributed by atoms with van der Waals surface area (Å²) in [5, 5.41) is 8.85. The first-order valence-electron chi connectivity index (χ1n) is 7.63. The van der Waals surface area contributed by atoms with E-state index in [1.807, 2.05) is 17.5 Å². The van der Waals surface area contributed by atoms with Gasteiger partial charge >= 0.3 is 0 Å². The van der Waals surface area contributed by atoms with Gasteiger partial charge in [-0.1, -0.05) is 39.7 Å². The van der Waals surface area contributed by atoms with Crippen molar-refractivity contribution in [1.29, 1.82) is 0 Å². The normalized spacial score (nSPS) is 10.3. The van der Waals surface area contributed by atoms with Gasteiger partial charge in [-0.25, -0.2) is 4.98 Å². The van der Waals surface area contributed by atoms with Gasteiger partial charge in [0.25, 0.3) is 5.91 Å². The fourth-order valence-corrected chi connectivity index (χ4v) is 3.71. The van der Waals surface area contributed by atoms with Gasteiger partial charge < -0.3 is 10.1 Å². The molecule has 0 bridgehead atoms. The number of aromatic nitrogens is 1. The Morgan fingerprint density at radius 1 is 1.26 bits per heavy atom. The Morgan fingerprint density at radius 2 is 2.00 bits per heavy atom. The number of hydrogen-bond donors (Lipinski definition) is 2. The number of carbonyl (C=O) groups is 1. The predicted octanol–water partition coefficient (Wildman–Crippen LogP) is 5.36. The van der Waals surface area contributed by atoms with Crippen LogP contribution in [0.2, 0.25) is 5.02 Å². The number of thiocarbonyl (C=S) groups is 1. The first-order chi connectivity index (χ1) is 13.0. The van der Waals surface area contributed by atoms with Crippen molar-refractivity contribution in [2.24, 2.45) is 0 Å². The van der Waals surface area contributed by atoms with Crippen LogP contribution in [0.5, 0.6) is 5.75 Å². The van der Waals surface area contributed by atoms with E-state index in [9.17, 15) is 4.79 Å². The minimum atomic E-state index is -0.375. The molecular weight excluding hydrogens is 470 g/mol. The van der Waals surface area contributed by atoms with Crippen molar-refractivity contribution >= 4 is 67.2 Å². The number of nitrogens with one attached hydrogen (secondary N) is 2. The number of benzene rings is 2. The highest BCUT2D eigenvalue weighted by atomic mass is 79.9. The van der Waals surface area contributed by atoms with Crippen LogP contribution in [0.3, 0.4) is 0 Å². The quantitative estimate of drug-likeness (QED) is 0.490. The van der Waals surface area contributed by atoms with Gasteiger partial charge in [0.1, 0.15) is 5.75 Å². The molecule has 2 aromatic carbocycles. The lowest BCUT2D eigenvalue weighted by Gasteiger charge is -2.10. The van der Waals surface area contributed by atoms with Gasteiger partial charge in [-0.15, -0.1) is 11.3 Å². The first-order valence-corrected chi connectivity index (χ1v) is 10.1. The predicted molar refractivity (Wildman–Crippen MR) is 117 cm³/mol. The fraction of sp³-hybridized carbons (Fsp3) is 0.0556. The molecule has 0 saturated heterocycles.